The summed E-state index contributed by atoms with van der Waals surface area (Å²) in [6.45, 7) is 0. The molecule has 0 aromatic carbocycles. The minimum atomic E-state index is -7.12. The van der Waals surface area contributed by atoms with Crippen molar-refractivity contribution in [3.63, 3.8) is 0 Å². The molecule has 0 aliphatic heterocycles. The zero-order valence-electron chi connectivity index (χ0n) is 9.35. The summed E-state index contributed by atoms with van der Waals surface area (Å²) >= 11 is 0. The third-order valence-corrected chi connectivity index (χ3v) is 1.97. The maximum atomic E-state index is 12.8. The summed E-state index contributed by atoms with van der Waals surface area (Å²) in [6.07, 6.45) is -10.9. The van der Waals surface area contributed by atoms with E-state index in [0.717, 1.165) is 0 Å². The van der Waals surface area contributed by atoms with E-state index in [9.17, 15) is 62.3 Å². The van der Waals surface area contributed by atoms with Crippen molar-refractivity contribution in [3.8, 4) is 0 Å². The Kier molecular flexibility index (Phi) is 5.02. The second-order valence-corrected chi connectivity index (χ2v) is 3.45. The van der Waals surface area contributed by atoms with Gasteiger partial charge in [-0.1, -0.05) is 0 Å². The molecule has 0 bridgehead atoms. The molecule has 0 N–H and O–H groups in total. The van der Waals surface area contributed by atoms with Crippen LogP contribution in [-0.2, 0) is 9.59 Å². The second-order valence-electron chi connectivity index (χ2n) is 3.45. The van der Waals surface area contributed by atoms with Gasteiger partial charge in [0, 0.05) is 0 Å². The van der Waals surface area contributed by atoms with Gasteiger partial charge in [0.1, 0.15) is 0 Å². The summed E-state index contributed by atoms with van der Waals surface area (Å²) in [7, 11) is 0. The van der Waals surface area contributed by atoms with Gasteiger partial charge in [0.25, 0.3) is 11.6 Å². The lowest BCUT2D eigenvalue weighted by Gasteiger charge is -2.27. The number of carbonyl (C=O) groups excluding carboxylic acids is 2. The molecule has 0 aromatic rings. The monoisotopic (exact) mass is 356 g/mol. The predicted octanol–water partition coefficient (Wildman–Crippen LogP) is 3.67. The predicted molar refractivity (Wildman–Crippen MR) is 41.3 cm³/mol. The molecule has 14 heteroatoms. The van der Waals surface area contributed by atoms with Crippen molar-refractivity contribution in [1.29, 1.82) is 0 Å². The molecule has 0 aliphatic carbocycles. The highest BCUT2D eigenvalue weighted by Gasteiger charge is 2.77. The third kappa shape index (κ3) is 3.04. The first-order valence-electron chi connectivity index (χ1n) is 4.43. The van der Waals surface area contributed by atoms with Gasteiger partial charge in [0.15, 0.2) is 0 Å². The van der Waals surface area contributed by atoms with E-state index in [0.29, 0.717) is 0 Å². The first-order chi connectivity index (χ1) is 9.42. The summed E-state index contributed by atoms with van der Waals surface area (Å²) in [5.74, 6) is -33.8. The summed E-state index contributed by atoms with van der Waals surface area (Å²) in [5.41, 5.74) is 0. The molecule has 0 spiro atoms. The van der Waals surface area contributed by atoms with Crippen molar-refractivity contribution >= 4 is 11.6 Å². The normalized spacial score (nSPS) is 13.8. The molecule has 0 unspecified atom stereocenters. The Morgan fingerprint density at radius 1 is 0.591 bits per heavy atom. The number of allylic oxidation sites excluding steroid dienone is 1. The molecule has 0 saturated carbocycles. The van der Waals surface area contributed by atoms with Gasteiger partial charge in [-0.05, 0) is 0 Å². The van der Waals surface area contributed by atoms with Crippen LogP contribution in [0.1, 0.15) is 0 Å². The largest absolute Gasteiger partial charge is 0.461 e. The fraction of sp³-hybridized carbons (Fsp3) is 0.500. The molecule has 0 radical (unpaired) electrons. The zero-order valence-corrected chi connectivity index (χ0v) is 9.35. The molecule has 0 fully saturated rings. The molecule has 22 heavy (non-hydrogen) atoms. The van der Waals surface area contributed by atoms with Crippen LogP contribution in [0.25, 0.3) is 0 Å². The standard InChI is InChI=1S/C8F12O2/c9-1(3(10)11)2(21)5(12,13)6(14,15)4(22)7(16,17)8(18,19)20. The molecule has 0 saturated heterocycles. The van der Waals surface area contributed by atoms with Gasteiger partial charge in [-0.3, -0.25) is 9.59 Å². The van der Waals surface area contributed by atoms with Gasteiger partial charge in [0.05, 0.1) is 0 Å². The lowest BCUT2D eigenvalue weighted by molar-refractivity contribution is -0.286. The molecule has 0 aliphatic rings. The maximum absolute atomic E-state index is 12.8. The fourth-order valence-corrected chi connectivity index (χ4v) is 0.835. The van der Waals surface area contributed by atoms with Gasteiger partial charge in [-0.25, -0.2) is 0 Å². The van der Waals surface area contributed by atoms with E-state index in [1.54, 1.807) is 0 Å². The van der Waals surface area contributed by atoms with Gasteiger partial charge < -0.3 is 0 Å². The van der Waals surface area contributed by atoms with E-state index in [1.165, 1.54) is 0 Å². The highest BCUT2D eigenvalue weighted by molar-refractivity contribution is 6.06. The lowest BCUT2D eigenvalue weighted by Crippen LogP contribution is -2.61. The van der Waals surface area contributed by atoms with Crippen molar-refractivity contribution in [3.05, 3.63) is 11.9 Å². The number of rotatable bonds is 5. The Balaban J connectivity index is 5.99. The highest BCUT2D eigenvalue weighted by Crippen LogP contribution is 2.46. The molecule has 0 atom stereocenters. The van der Waals surface area contributed by atoms with Crippen LogP contribution in [0, 0.1) is 0 Å². The summed E-state index contributed by atoms with van der Waals surface area (Å²) < 4.78 is 146. The smallest absolute Gasteiger partial charge is 0.285 e. The molecule has 128 valence electrons. The maximum Gasteiger partial charge on any atom is 0.461 e. The highest BCUT2D eigenvalue weighted by atomic mass is 19.4. The van der Waals surface area contributed by atoms with E-state index >= 15 is 0 Å². The molecular formula is C8F12O2. The second kappa shape index (κ2) is 5.46. The molecule has 2 nitrogen and oxygen atoms in total. The van der Waals surface area contributed by atoms with Gasteiger partial charge in [-0.15, -0.1) is 0 Å². The minimum absolute atomic E-state index is 3.83. The lowest BCUT2D eigenvalue weighted by atomic mass is 9.98. The average molecular weight is 356 g/mol. The molecular weight excluding hydrogens is 356 g/mol. The van der Waals surface area contributed by atoms with Crippen LogP contribution in [0.15, 0.2) is 11.9 Å². The molecule has 0 rings (SSSR count). The van der Waals surface area contributed by atoms with E-state index < -0.39 is 47.4 Å². The van der Waals surface area contributed by atoms with E-state index in [-0.39, 0.29) is 0 Å². The number of ketones is 2. The van der Waals surface area contributed by atoms with E-state index in [2.05, 4.69) is 0 Å². The van der Waals surface area contributed by atoms with Crippen LogP contribution in [-0.4, -0.2) is 35.5 Å². The minimum Gasteiger partial charge on any atom is -0.285 e. The van der Waals surface area contributed by atoms with E-state index in [4.69, 9.17) is 0 Å². The van der Waals surface area contributed by atoms with Gasteiger partial charge >= 0.3 is 30.0 Å². The van der Waals surface area contributed by atoms with Crippen LogP contribution in [0.3, 0.4) is 0 Å². The van der Waals surface area contributed by atoms with Crippen LogP contribution in [0.4, 0.5) is 52.7 Å². The van der Waals surface area contributed by atoms with Crippen LogP contribution in [0.2, 0.25) is 0 Å². The number of hydrogen-bond acceptors (Lipinski definition) is 2. The Bertz CT molecular complexity index is 510. The van der Waals surface area contributed by atoms with Crippen LogP contribution >= 0.6 is 0 Å². The number of hydrogen-bond donors (Lipinski definition) is 0. The molecule has 0 heterocycles. The Hall–Kier alpha value is -1.76. The van der Waals surface area contributed by atoms with E-state index in [1.807, 2.05) is 0 Å². The number of Topliss-reactive ketones (excluding diaryl/α,β-unsaturated/α-hetero) is 2. The van der Waals surface area contributed by atoms with Crippen LogP contribution in [0.5, 0.6) is 0 Å². The fourth-order valence-electron chi connectivity index (χ4n) is 0.835. The van der Waals surface area contributed by atoms with Gasteiger partial charge in [0.2, 0.25) is 5.83 Å². The number of alkyl halides is 9. The van der Waals surface area contributed by atoms with Crippen molar-refractivity contribution in [2.45, 2.75) is 23.9 Å². The van der Waals surface area contributed by atoms with Crippen molar-refractivity contribution in [1.82, 2.24) is 0 Å². The Morgan fingerprint density at radius 2 is 0.955 bits per heavy atom. The summed E-state index contributed by atoms with van der Waals surface area (Å²) in [5, 5.41) is 0. The van der Waals surface area contributed by atoms with Crippen molar-refractivity contribution < 1.29 is 62.3 Å². The van der Waals surface area contributed by atoms with Crippen LogP contribution < -0.4 is 0 Å². The Labute approximate surface area is 111 Å². The molecule has 0 amide bonds. The van der Waals surface area contributed by atoms with Crippen molar-refractivity contribution in [2.24, 2.45) is 0 Å². The summed E-state index contributed by atoms with van der Waals surface area (Å²) in [4.78, 5) is 20.6. The van der Waals surface area contributed by atoms with Crippen molar-refractivity contribution in [2.75, 3.05) is 0 Å². The number of carbonyl (C=O) groups is 2. The average Bonchev–Trinajstić information content (AvgIpc) is 2.33. The zero-order chi connectivity index (χ0) is 18.3. The molecule has 0 aromatic heterocycles. The van der Waals surface area contributed by atoms with Gasteiger partial charge in [-0.2, -0.15) is 52.7 Å². The SMILES string of the molecule is O=C(C(F)=C(F)F)C(F)(F)C(F)(F)C(=O)C(F)(F)C(F)(F)F. The quantitative estimate of drug-likeness (QED) is 0.557. The first-order valence-corrected chi connectivity index (χ1v) is 4.43. The first kappa shape index (κ1) is 20.2. The number of halogens is 12. The summed E-state index contributed by atoms with van der Waals surface area (Å²) in [6, 6.07) is 0. The Morgan fingerprint density at radius 3 is 1.23 bits per heavy atom. The third-order valence-electron chi connectivity index (χ3n) is 1.97. The topological polar surface area (TPSA) is 34.1 Å².